The molecule has 0 saturated carbocycles. The molecule has 0 spiro atoms. The Hall–Kier alpha value is -2.27. The number of aliphatic hydroxyl groups excluding tert-OH is 1. The average Bonchev–Trinajstić information content (AvgIpc) is 2.97. The Labute approximate surface area is 167 Å². The number of ether oxygens (including phenoxy) is 1. The minimum Gasteiger partial charge on any atom is -0.508 e. The highest BCUT2D eigenvalue weighted by Crippen LogP contribution is 2.44. The predicted molar refractivity (Wildman–Crippen MR) is 110 cm³/mol. The number of aromatic hydroxyl groups is 1. The largest absolute Gasteiger partial charge is 0.508 e. The lowest BCUT2D eigenvalue weighted by atomic mass is 9.84. The molecule has 2 atom stereocenters. The molecule has 1 aromatic carbocycles. The van der Waals surface area contributed by atoms with Gasteiger partial charge in [0.05, 0.1) is 11.7 Å². The van der Waals surface area contributed by atoms with E-state index >= 15 is 0 Å². The Morgan fingerprint density at radius 1 is 1.29 bits per heavy atom. The van der Waals surface area contributed by atoms with Crippen LogP contribution in [-0.2, 0) is 13.0 Å². The number of carbonyl (C=O) groups is 1. The summed E-state index contributed by atoms with van der Waals surface area (Å²) < 4.78 is 6.26. The van der Waals surface area contributed by atoms with Crippen LogP contribution in [0.3, 0.4) is 0 Å². The van der Waals surface area contributed by atoms with E-state index in [2.05, 4.69) is 38.2 Å². The molecule has 0 aliphatic carbocycles. The summed E-state index contributed by atoms with van der Waals surface area (Å²) in [6.07, 6.45) is 7.61. The number of benzene rings is 1. The number of phenolic OH excluding ortho intramolecular Hbond substituents is 1. The van der Waals surface area contributed by atoms with Crippen molar-refractivity contribution in [3.63, 3.8) is 0 Å². The second-order valence-electron chi connectivity index (χ2n) is 8.46. The molecule has 2 heterocycles. The van der Waals surface area contributed by atoms with Crippen molar-refractivity contribution in [2.45, 2.75) is 78.0 Å². The summed E-state index contributed by atoms with van der Waals surface area (Å²) in [6.45, 7) is 8.66. The summed E-state index contributed by atoms with van der Waals surface area (Å²) in [5, 5.41) is 23.8. The zero-order valence-electron chi connectivity index (χ0n) is 17.3. The highest BCUT2D eigenvalue weighted by molar-refractivity contribution is 6.00. The van der Waals surface area contributed by atoms with Crippen LogP contribution in [-0.4, -0.2) is 27.8 Å². The average molecular weight is 386 g/mol. The van der Waals surface area contributed by atoms with E-state index in [1.807, 2.05) is 6.92 Å². The fourth-order valence-corrected chi connectivity index (χ4v) is 3.92. The van der Waals surface area contributed by atoms with Gasteiger partial charge >= 0.3 is 0 Å². The van der Waals surface area contributed by atoms with E-state index in [0.717, 1.165) is 24.8 Å². The van der Waals surface area contributed by atoms with E-state index in [0.29, 0.717) is 36.3 Å². The minimum absolute atomic E-state index is 0.0157. The van der Waals surface area contributed by atoms with Gasteiger partial charge in [-0.2, -0.15) is 0 Å². The number of hydrogen-bond acceptors (Lipinski definition) is 4. The monoisotopic (exact) mass is 385 g/mol. The molecule has 152 valence electrons. The summed E-state index contributed by atoms with van der Waals surface area (Å²) in [6, 6.07) is 1.48. The number of allylic oxidation sites excluding steroid dienone is 4. The van der Waals surface area contributed by atoms with Gasteiger partial charge in [-0.05, 0) is 59.4 Å². The van der Waals surface area contributed by atoms with E-state index in [1.54, 1.807) is 0 Å². The van der Waals surface area contributed by atoms with Gasteiger partial charge in [-0.3, -0.25) is 4.79 Å². The minimum atomic E-state index is -0.753. The standard InChI is InChI=1S/C23H31NO4/c1-14(2)7-5-8-15(3)9-6-10-23(4)20(26)12-17-19(25)11-16-18(21(17)28-23)13-24-22(16)27/h7,9,11,20,25-26H,5-6,8,10,12-13H2,1-4H3,(H,24,27)/b15-9+/t20?,23-/m1/s1. The summed E-state index contributed by atoms with van der Waals surface area (Å²) in [7, 11) is 0. The van der Waals surface area contributed by atoms with Crippen LogP contribution in [0.15, 0.2) is 29.4 Å². The van der Waals surface area contributed by atoms with Crippen molar-refractivity contribution in [1.82, 2.24) is 5.32 Å². The Bertz CT molecular complexity index is 835. The number of rotatable bonds is 6. The Morgan fingerprint density at radius 3 is 2.75 bits per heavy atom. The molecule has 2 aliphatic rings. The number of aliphatic hydroxyl groups is 1. The van der Waals surface area contributed by atoms with Crippen LogP contribution >= 0.6 is 0 Å². The van der Waals surface area contributed by atoms with Crippen LogP contribution in [0.25, 0.3) is 0 Å². The summed E-state index contributed by atoms with van der Waals surface area (Å²) >= 11 is 0. The predicted octanol–water partition coefficient (Wildman–Crippen LogP) is 4.16. The van der Waals surface area contributed by atoms with Gasteiger partial charge in [0.2, 0.25) is 0 Å². The Morgan fingerprint density at radius 2 is 2.04 bits per heavy atom. The molecular weight excluding hydrogens is 354 g/mol. The summed E-state index contributed by atoms with van der Waals surface area (Å²) in [5.41, 5.74) is 3.75. The highest BCUT2D eigenvalue weighted by atomic mass is 16.5. The quantitative estimate of drug-likeness (QED) is 0.643. The number of fused-ring (bicyclic) bond motifs is 3. The van der Waals surface area contributed by atoms with Crippen molar-refractivity contribution in [2.24, 2.45) is 0 Å². The molecule has 1 aromatic rings. The normalized spacial score (nSPS) is 23.5. The zero-order valence-corrected chi connectivity index (χ0v) is 17.3. The van der Waals surface area contributed by atoms with Crippen LogP contribution in [0.1, 0.15) is 74.9 Å². The Kier molecular flexibility index (Phi) is 5.84. The molecule has 2 aliphatic heterocycles. The van der Waals surface area contributed by atoms with Gasteiger partial charge in [0.15, 0.2) is 0 Å². The Balaban J connectivity index is 1.73. The molecule has 1 unspecified atom stereocenters. The van der Waals surface area contributed by atoms with Gasteiger partial charge in [0.25, 0.3) is 5.91 Å². The third-order valence-corrected chi connectivity index (χ3v) is 5.80. The molecule has 0 aromatic heterocycles. The molecule has 0 radical (unpaired) electrons. The number of hydrogen-bond donors (Lipinski definition) is 3. The number of amides is 1. The van der Waals surface area contributed by atoms with Gasteiger partial charge in [-0.25, -0.2) is 0 Å². The van der Waals surface area contributed by atoms with Gasteiger partial charge < -0.3 is 20.3 Å². The second kappa shape index (κ2) is 8.00. The smallest absolute Gasteiger partial charge is 0.252 e. The van der Waals surface area contributed by atoms with E-state index in [4.69, 9.17) is 4.74 Å². The van der Waals surface area contributed by atoms with Crippen molar-refractivity contribution < 1.29 is 19.7 Å². The molecule has 5 heteroatoms. The van der Waals surface area contributed by atoms with Crippen LogP contribution in [0.5, 0.6) is 11.5 Å². The lowest BCUT2D eigenvalue weighted by Gasteiger charge is -2.40. The molecule has 0 fully saturated rings. The first kappa shape index (κ1) is 20.5. The maximum atomic E-state index is 12.0. The number of nitrogens with one attached hydrogen (secondary N) is 1. The summed E-state index contributed by atoms with van der Waals surface area (Å²) in [4.78, 5) is 12.0. The van der Waals surface area contributed by atoms with Crippen molar-refractivity contribution in [2.75, 3.05) is 0 Å². The maximum Gasteiger partial charge on any atom is 0.252 e. The molecular formula is C23H31NO4. The number of carbonyl (C=O) groups excluding carboxylic acids is 1. The third-order valence-electron chi connectivity index (χ3n) is 5.80. The van der Waals surface area contributed by atoms with Crippen LogP contribution < -0.4 is 10.1 Å². The van der Waals surface area contributed by atoms with Crippen LogP contribution in [0.2, 0.25) is 0 Å². The first-order valence-corrected chi connectivity index (χ1v) is 10.0. The SMILES string of the molecule is CC(C)=CCC/C(C)=C/CC[C@@]1(C)Oc2c(c(O)cc3c2CNC3=O)CC1O. The van der Waals surface area contributed by atoms with Gasteiger partial charge in [-0.15, -0.1) is 0 Å². The molecule has 3 rings (SSSR count). The first-order valence-electron chi connectivity index (χ1n) is 10.0. The van der Waals surface area contributed by atoms with E-state index in [9.17, 15) is 15.0 Å². The van der Waals surface area contributed by atoms with Crippen molar-refractivity contribution >= 4 is 5.91 Å². The molecule has 3 N–H and O–H groups in total. The molecule has 0 bridgehead atoms. The fraction of sp³-hybridized carbons (Fsp3) is 0.522. The van der Waals surface area contributed by atoms with Gasteiger partial charge in [0.1, 0.15) is 17.1 Å². The summed E-state index contributed by atoms with van der Waals surface area (Å²) in [5.74, 6) is 0.381. The fourth-order valence-electron chi connectivity index (χ4n) is 3.92. The molecule has 28 heavy (non-hydrogen) atoms. The second-order valence-corrected chi connectivity index (χ2v) is 8.46. The van der Waals surface area contributed by atoms with Gasteiger partial charge in [-0.1, -0.05) is 23.3 Å². The molecule has 0 saturated heterocycles. The molecule has 1 amide bonds. The van der Waals surface area contributed by atoms with E-state index in [1.165, 1.54) is 17.2 Å². The van der Waals surface area contributed by atoms with E-state index < -0.39 is 11.7 Å². The maximum absolute atomic E-state index is 12.0. The van der Waals surface area contributed by atoms with Crippen LogP contribution in [0.4, 0.5) is 0 Å². The number of phenols is 1. The van der Waals surface area contributed by atoms with Crippen molar-refractivity contribution in [3.05, 3.63) is 46.1 Å². The van der Waals surface area contributed by atoms with Gasteiger partial charge in [0, 0.05) is 24.1 Å². The van der Waals surface area contributed by atoms with Crippen molar-refractivity contribution in [3.8, 4) is 11.5 Å². The van der Waals surface area contributed by atoms with Crippen molar-refractivity contribution in [1.29, 1.82) is 0 Å². The third kappa shape index (κ3) is 4.09. The topological polar surface area (TPSA) is 78.8 Å². The zero-order chi connectivity index (χ0) is 20.5. The molecule has 5 nitrogen and oxygen atoms in total. The highest BCUT2D eigenvalue weighted by Gasteiger charge is 2.43. The lowest BCUT2D eigenvalue weighted by molar-refractivity contribution is -0.0598. The first-order chi connectivity index (χ1) is 13.2. The van der Waals surface area contributed by atoms with Crippen LogP contribution in [0, 0.1) is 0 Å². The van der Waals surface area contributed by atoms with E-state index in [-0.39, 0.29) is 11.7 Å². The lowest BCUT2D eigenvalue weighted by Crippen LogP contribution is -2.49.